The van der Waals surface area contributed by atoms with E-state index in [2.05, 4.69) is 0 Å². The van der Waals surface area contributed by atoms with E-state index in [1.807, 2.05) is 0 Å². The van der Waals surface area contributed by atoms with Crippen LogP contribution in [-0.4, -0.2) is 38.0 Å². The van der Waals surface area contributed by atoms with Crippen LogP contribution in [0.4, 0.5) is 18.9 Å². The number of hydrogen-bond donors (Lipinski definition) is 1. The Hall–Kier alpha value is -1.76. The second-order valence-corrected chi connectivity index (χ2v) is 4.85. The first-order valence-electron chi connectivity index (χ1n) is 6.56. The summed E-state index contributed by atoms with van der Waals surface area (Å²) in [5.74, 6) is -0.173. The number of hydrogen-bond acceptors (Lipinski definition) is 3. The van der Waals surface area contributed by atoms with Gasteiger partial charge in [0.2, 0.25) is 5.91 Å². The van der Waals surface area contributed by atoms with E-state index in [4.69, 9.17) is 5.73 Å². The van der Waals surface area contributed by atoms with Crippen LogP contribution in [0, 0.1) is 0 Å². The molecule has 0 aliphatic rings. The van der Waals surface area contributed by atoms with Gasteiger partial charge >= 0.3 is 6.18 Å². The van der Waals surface area contributed by atoms with E-state index in [9.17, 15) is 18.0 Å². The van der Waals surface area contributed by atoms with Crippen LogP contribution in [-0.2, 0) is 17.5 Å². The molecule has 0 heterocycles. The van der Waals surface area contributed by atoms with Crippen LogP contribution in [0.25, 0.3) is 0 Å². The molecule has 0 unspecified atom stereocenters. The molecule has 1 aromatic carbocycles. The average Bonchev–Trinajstić information content (AvgIpc) is 2.42. The smallest absolute Gasteiger partial charge is 0.362 e. The summed E-state index contributed by atoms with van der Waals surface area (Å²) in [5.41, 5.74) is 5.00. The molecule has 7 heteroatoms. The van der Waals surface area contributed by atoms with Crippen molar-refractivity contribution in [2.75, 3.05) is 32.1 Å². The molecule has 1 aromatic rings. The van der Waals surface area contributed by atoms with Crippen LogP contribution in [0.2, 0.25) is 0 Å². The van der Waals surface area contributed by atoms with E-state index in [0.29, 0.717) is 12.2 Å². The fraction of sp³-hybridized carbons (Fsp3) is 0.500. The van der Waals surface area contributed by atoms with Crippen molar-refractivity contribution in [3.63, 3.8) is 0 Å². The molecule has 0 aliphatic heterocycles. The minimum atomic E-state index is -4.46. The van der Waals surface area contributed by atoms with Crippen molar-refractivity contribution in [2.45, 2.75) is 19.6 Å². The zero-order valence-electron chi connectivity index (χ0n) is 12.4. The van der Waals surface area contributed by atoms with Gasteiger partial charge in [0.25, 0.3) is 0 Å². The molecule has 4 nitrogen and oxygen atoms in total. The van der Waals surface area contributed by atoms with E-state index in [-0.39, 0.29) is 24.6 Å². The number of alkyl halides is 3. The Kier molecular flexibility index (Phi) is 5.60. The molecule has 0 spiro atoms. The lowest BCUT2D eigenvalue weighted by Crippen LogP contribution is -2.36. The number of carbonyl (C=O) groups excluding carboxylic acids is 1. The maximum atomic E-state index is 13.0. The van der Waals surface area contributed by atoms with Gasteiger partial charge in [-0.2, -0.15) is 13.2 Å². The predicted molar refractivity (Wildman–Crippen MR) is 75.9 cm³/mol. The van der Waals surface area contributed by atoms with Gasteiger partial charge in [-0.1, -0.05) is 6.07 Å². The zero-order valence-corrected chi connectivity index (χ0v) is 12.4. The summed E-state index contributed by atoms with van der Waals surface area (Å²) in [4.78, 5) is 14.7. The quantitative estimate of drug-likeness (QED) is 0.906. The molecule has 0 atom stereocenters. The molecule has 1 amide bonds. The van der Waals surface area contributed by atoms with E-state index in [1.54, 1.807) is 32.0 Å². The lowest BCUT2D eigenvalue weighted by atomic mass is 10.1. The third-order valence-electron chi connectivity index (χ3n) is 3.19. The van der Waals surface area contributed by atoms with Gasteiger partial charge < -0.3 is 15.5 Å². The Morgan fingerprint density at radius 3 is 2.33 bits per heavy atom. The Morgan fingerprint density at radius 1 is 1.29 bits per heavy atom. The number of benzene rings is 1. The molecule has 0 aliphatic carbocycles. The summed E-state index contributed by atoms with van der Waals surface area (Å²) in [6, 6.07) is 3.97. The third kappa shape index (κ3) is 4.35. The summed E-state index contributed by atoms with van der Waals surface area (Å²) >= 11 is 0. The highest BCUT2D eigenvalue weighted by Gasteiger charge is 2.33. The van der Waals surface area contributed by atoms with Crippen LogP contribution < -0.4 is 10.6 Å². The largest absolute Gasteiger partial charge is 0.416 e. The summed E-state index contributed by atoms with van der Waals surface area (Å²) in [5, 5.41) is 0. The first kappa shape index (κ1) is 17.3. The maximum absolute atomic E-state index is 13.0. The van der Waals surface area contributed by atoms with Gasteiger partial charge in [-0.15, -0.1) is 0 Å². The number of carbonyl (C=O) groups is 1. The lowest BCUT2D eigenvalue weighted by molar-refractivity contribution is -0.138. The van der Waals surface area contributed by atoms with Gasteiger partial charge in [0.1, 0.15) is 0 Å². The van der Waals surface area contributed by atoms with E-state index >= 15 is 0 Å². The van der Waals surface area contributed by atoms with Crippen molar-refractivity contribution >= 4 is 11.6 Å². The van der Waals surface area contributed by atoms with Crippen LogP contribution >= 0.6 is 0 Å². The van der Waals surface area contributed by atoms with Gasteiger partial charge in [-0.3, -0.25) is 4.79 Å². The van der Waals surface area contributed by atoms with Crippen LogP contribution in [0.5, 0.6) is 0 Å². The average molecular weight is 303 g/mol. The van der Waals surface area contributed by atoms with Gasteiger partial charge in [0.05, 0.1) is 12.1 Å². The molecule has 0 fully saturated rings. The molecule has 0 radical (unpaired) electrons. The number of likely N-dealkylation sites (N-methyl/N-ethyl adjacent to an activating group) is 2. The predicted octanol–water partition coefficient (Wildman–Crippen LogP) is 2.08. The van der Waals surface area contributed by atoms with Crippen molar-refractivity contribution < 1.29 is 18.0 Å². The number of nitrogens with two attached hydrogens (primary N) is 1. The van der Waals surface area contributed by atoms with Crippen LogP contribution in [0.3, 0.4) is 0 Å². The minimum absolute atomic E-state index is 0.0305. The standard InChI is InChI=1S/C14H20F3N3O/c1-4-20(9-13(21)19(2)3)11-6-5-10(8-18)12(7-11)14(15,16)17/h5-7H,4,8-9,18H2,1-3H3. The van der Waals surface area contributed by atoms with Crippen molar-refractivity contribution in [1.82, 2.24) is 4.90 Å². The second-order valence-electron chi connectivity index (χ2n) is 4.85. The van der Waals surface area contributed by atoms with Crippen molar-refractivity contribution in [3.8, 4) is 0 Å². The summed E-state index contributed by atoms with van der Waals surface area (Å²) in [6.07, 6.45) is -4.46. The fourth-order valence-electron chi connectivity index (χ4n) is 1.89. The van der Waals surface area contributed by atoms with E-state index < -0.39 is 11.7 Å². The number of nitrogens with zero attached hydrogens (tertiary/aromatic N) is 2. The summed E-state index contributed by atoms with van der Waals surface area (Å²) in [7, 11) is 3.21. The van der Waals surface area contributed by atoms with Crippen molar-refractivity contribution in [2.24, 2.45) is 5.73 Å². The summed E-state index contributed by atoms with van der Waals surface area (Å²) < 4.78 is 39.1. The van der Waals surface area contributed by atoms with Crippen LogP contribution in [0.1, 0.15) is 18.1 Å². The minimum Gasteiger partial charge on any atom is -0.362 e. The molecular weight excluding hydrogens is 283 g/mol. The third-order valence-corrected chi connectivity index (χ3v) is 3.19. The molecular formula is C14H20F3N3O. The van der Waals surface area contributed by atoms with Gasteiger partial charge in [-0.25, -0.2) is 0 Å². The van der Waals surface area contributed by atoms with Crippen LogP contribution in [0.15, 0.2) is 18.2 Å². The Balaban J connectivity index is 3.14. The van der Waals surface area contributed by atoms with Gasteiger partial charge in [0.15, 0.2) is 0 Å². The zero-order chi connectivity index (χ0) is 16.2. The Morgan fingerprint density at radius 2 is 1.90 bits per heavy atom. The first-order valence-corrected chi connectivity index (χ1v) is 6.56. The van der Waals surface area contributed by atoms with Gasteiger partial charge in [0, 0.05) is 32.9 Å². The fourth-order valence-corrected chi connectivity index (χ4v) is 1.89. The monoisotopic (exact) mass is 303 g/mol. The maximum Gasteiger partial charge on any atom is 0.416 e. The van der Waals surface area contributed by atoms with Crippen molar-refractivity contribution in [3.05, 3.63) is 29.3 Å². The first-order chi connectivity index (χ1) is 9.70. The molecule has 1 rings (SSSR count). The molecule has 0 bridgehead atoms. The van der Waals surface area contributed by atoms with Crippen molar-refractivity contribution in [1.29, 1.82) is 0 Å². The number of amides is 1. The number of anilines is 1. The normalized spacial score (nSPS) is 11.4. The lowest BCUT2D eigenvalue weighted by Gasteiger charge is -2.25. The van der Waals surface area contributed by atoms with E-state index in [0.717, 1.165) is 6.07 Å². The number of halogens is 3. The van der Waals surface area contributed by atoms with E-state index in [1.165, 1.54) is 11.0 Å². The molecule has 0 saturated carbocycles. The van der Waals surface area contributed by atoms with Gasteiger partial charge in [-0.05, 0) is 24.6 Å². The molecule has 2 N–H and O–H groups in total. The highest BCUT2D eigenvalue weighted by molar-refractivity contribution is 5.81. The molecule has 21 heavy (non-hydrogen) atoms. The summed E-state index contributed by atoms with van der Waals surface area (Å²) in [6.45, 7) is 2.06. The highest BCUT2D eigenvalue weighted by Crippen LogP contribution is 2.34. The Bertz CT molecular complexity index is 501. The Labute approximate surface area is 122 Å². The number of rotatable bonds is 5. The SMILES string of the molecule is CCN(CC(=O)N(C)C)c1ccc(CN)c(C(F)(F)F)c1. The second kappa shape index (κ2) is 6.80. The molecule has 118 valence electrons. The topological polar surface area (TPSA) is 49.6 Å². The highest BCUT2D eigenvalue weighted by atomic mass is 19.4. The molecule has 0 aromatic heterocycles. The molecule has 0 saturated heterocycles.